The van der Waals surface area contributed by atoms with Crippen molar-refractivity contribution >= 4 is 34.7 Å². The van der Waals surface area contributed by atoms with Gasteiger partial charge in [0.25, 0.3) is 0 Å². The predicted molar refractivity (Wildman–Crippen MR) is 137 cm³/mol. The van der Waals surface area contributed by atoms with Crippen LogP contribution in [0.1, 0.15) is 30.5 Å². The van der Waals surface area contributed by atoms with Gasteiger partial charge in [0, 0.05) is 47.7 Å². The molecule has 176 valence electrons. The van der Waals surface area contributed by atoms with E-state index in [-0.39, 0.29) is 11.8 Å². The van der Waals surface area contributed by atoms with Gasteiger partial charge in [0.1, 0.15) is 5.82 Å². The van der Waals surface area contributed by atoms with Gasteiger partial charge < -0.3 is 5.32 Å². The smallest absolute Gasteiger partial charge is 0.231 e. The number of anilines is 4. The maximum Gasteiger partial charge on any atom is 0.231 e. The molecule has 0 radical (unpaired) electrons. The molecule has 0 fully saturated rings. The molecule has 0 aliphatic heterocycles. The lowest BCUT2D eigenvalue weighted by atomic mass is 10.2. The second-order valence-electron chi connectivity index (χ2n) is 7.64. The topological polar surface area (TPSA) is 112 Å². The molecule has 0 bridgehead atoms. The Labute approximate surface area is 202 Å². The van der Waals surface area contributed by atoms with Gasteiger partial charge in [0.05, 0.1) is 11.4 Å². The third-order valence-corrected chi connectivity index (χ3v) is 5.04. The van der Waals surface area contributed by atoms with E-state index < -0.39 is 0 Å². The van der Waals surface area contributed by atoms with Crippen molar-refractivity contribution in [3.05, 3.63) is 95.8 Å². The van der Waals surface area contributed by atoms with E-state index >= 15 is 0 Å². The number of aryl methyl sites for hydroxylation is 1. The van der Waals surface area contributed by atoms with Gasteiger partial charge in [-0.2, -0.15) is 20.2 Å². The van der Waals surface area contributed by atoms with Crippen LogP contribution in [-0.2, 0) is 0 Å². The fourth-order valence-corrected chi connectivity index (χ4v) is 3.06. The van der Waals surface area contributed by atoms with Crippen LogP contribution in [0, 0.1) is 12.7 Å². The van der Waals surface area contributed by atoms with Crippen molar-refractivity contribution in [2.75, 3.05) is 16.2 Å². The molecule has 0 saturated heterocycles. The molecule has 0 aliphatic rings. The lowest BCUT2D eigenvalue weighted by Crippen LogP contribution is -2.07. The summed E-state index contributed by atoms with van der Waals surface area (Å²) in [5.74, 6) is 0.731. The van der Waals surface area contributed by atoms with E-state index in [1.54, 1.807) is 36.9 Å². The second-order valence-corrected chi connectivity index (χ2v) is 7.64. The third-order valence-electron chi connectivity index (χ3n) is 5.04. The first kappa shape index (κ1) is 23.4. The van der Waals surface area contributed by atoms with Gasteiger partial charge in [-0.3, -0.25) is 20.8 Å². The summed E-state index contributed by atoms with van der Waals surface area (Å²) in [7, 11) is 0. The van der Waals surface area contributed by atoms with E-state index in [1.807, 2.05) is 45.0 Å². The van der Waals surface area contributed by atoms with Gasteiger partial charge in [-0.15, -0.1) is 0 Å². The van der Waals surface area contributed by atoms with Crippen LogP contribution in [0.25, 0.3) is 0 Å². The fraction of sp³-hybridized carbons (Fsp3) is 0.120. The number of hydrogen-bond donors (Lipinski definition) is 3. The van der Waals surface area contributed by atoms with Crippen LogP contribution in [-0.4, -0.2) is 31.4 Å². The Morgan fingerprint density at radius 3 is 1.77 bits per heavy atom. The van der Waals surface area contributed by atoms with Crippen molar-refractivity contribution in [3.63, 3.8) is 0 Å². The number of benzene rings is 1. The molecule has 3 aromatic heterocycles. The summed E-state index contributed by atoms with van der Waals surface area (Å²) in [6, 6.07) is 13.6. The lowest BCUT2D eigenvalue weighted by Gasteiger charge is -2.12. The first-order chi connectivity index (χ1) is 17.0. The molecule has 0 amide bonds. The molecule has 9 nitrogen and oxygen atoms in total. The minimum absolute atomic E-state index is 0.250. The van der Waals surface area contributed by atoms with E-state index in [9.17, 15) is 4.39 Å². The molecule has 1 aromatic carbocycles. The highest BCUT2D eigenvalue weighted by Gasteiger charge is 2.08. The molecule has 0 unspecified atom stereocenters. The molecular formula is C25H24FN9. The van der Waals surface area contributed by atoms with Crippen LogP contribution in [0.15, 0.2) is 83.5 Å². The summed E-state index contributed by atoms with van der Waals surface area (Å²) in [5.41, 5.74) is 10.7. The summed E-state index contributed by atoms with van der Waals surface area (Å²) in [4.78, 5) is 17.0. The summed E-state index contributed by atoms with van der Waals surface area (Å²) < 4.78 is 13.8. The van der Waals surface area contributed by atoms with Crippen LogP contribution in [0.3, 0.4) is 0 Å². The van der Waals surface area contributed by atoms with Gasteiger partial charge in [0.15, 0.2) is 11.6 Å². The van der Waals surface area contributed by atoms with Gasteiger partial charge in [-0.05, 0) is 62.7 Å². The van der Waals surface area contributed by atoms with Crippen LogP contribution >= 0.6 is 0 Å². The van der Waals surface area contributed by atoms with E-state index in [1.165, 1.54) is 12.1 Å². The number of pyridine rings is 2. The van der Waals surface area contributed by atoms with Crippen molar-refractivity contribution in [3.8, 4) is 0 Å². The SMILES string of the molecule is CC(=NNc1cc(NN=C(C)c2ccncc2)nc(Nc2cc(F)ccc2C)n1)c1ccncc1. The predicted octanol–water partition coefficient (Wildman–Crippen LogP) is 5.13. The average Bonchev–Trinajstić information content (AvgIpc) is 2.89. The fourth-order valence-electron chi connectivity index (χ4n) is 3.06. The molecule has 0 aliphatic carbocycles. The van der Waals surface area contributed by atoms with E-state index in [0.717, 1.165) is 28.1 Å². The molecule has 0 spiro atoms. The molecule has 35 heavy (non-hydrogen) atoms. The lowest BCUT2D eigenvalue weighted by molar-refractivity contribution is 0.628. The van der Waals surface area contributed by atoms with Gasteiger partial charge in [-0.1, -0.05) is 6.07 Å². The van der Waals surface area contributed by atoms with Gasteiger partial charge in [-0.25, -0.2) is 4.39 Å². The Balaban J connectivity index is 1.63. The zero-order valence-corrected chi connectivity index (χ0v) is 19.5. The Morgan fingerprint density at radius 2 is 1.26 bits per heavy atom. The minimum Gasteiger partial charge on any atom is -0.324 e. The van der Waals surface area contributed by atoms with E-state index in [0.29, 0.717) is 17.3 Å². The Bertz CT molecular complexity index is 1280. The number of hydrazone groups is 2. The summed E-state index contributed by atoms with van der Waals surface area (Å²) >= 11 is 0. The largest absolute Gasteiger partial charge is 0.324 e. The summed E-state index contributed by atoms with van der Waals surface area (Å²) in [6.45, 7) is 5.62. The standard InChI is InChI=1S/C25H24FN9/c1-16-4-5-21(26)14-22(16)29-25-30-23(34-32-17(2)19-6-10-27-11-7-19)15-24(31-25)35-33-18(3)20-8-12-28-13-9-20/h4-15H,1-3H3,(H3,29,30,31,34,35). The van der Waals surface area contributed by atoms with Crippen molar-refractivity contribution in [1.29, 1.82) is 0 Å². The van der Waals surface area contributed by atoms with E-state index in [2.05, 4.69) is 46.3 Å². The van der Waals surface area contributed by atoms with Crippen molar-refractivity contribution < 1.29 is 4.39 Å². The van der Waals surface area contributed by atoms with Crippen molar-refractivity contribution in [2.24, 2.45) is 10.2 Å². The highest BCUT2D eigenvalue weighted by molar-refractivity contribution is 5.99. The van der Waals surface area contributed by atoms with Gasteiger partial charge in [0.2, 0.25) is 5.95 Å². The molecular weight excluding hydrogens is 445 g/mol. The number of nitrogens with zero attached hydrogens (tertiary/aromatic N) is 6. The number of rotatable bonds is 8. The maximum atomic E-state index is 13.8. The van der Waals surface area contributed by atoms with Gasteiger partial charge >= 0.3 is 0 Å². The zero-order valence-electron chi connectivity index (χ0n) is 19.5. The molecule has 4 rings (SSSR count). The number of aromatic nitrogens is 4. The molecule has 0 atom stereocenters. The van der Waals surface area contributed by atoms with E-state index in [4.69, 9.17) is 0 Å². The molecule has 3 heterocycles. The Morgan fingerprint density at radius 1 is 0.743 bits per heavy atom. The monoisotopic (exact) mass is 469 g/mol. The normalized spacial score (nSPS) is 11.8. The maximum absolute atomic E-state index is 13.8. The first-order valence-corrected chi connectivity index (χ1v) is 10.8. The van der Waals surface area contributed by atoms with Crippen molar-refractivity contribution in [1.82, 2.24) is 19.9 Å². The third kappa shape index (κ3) is 6.41. The summed E-state index contributed by atoms with van der Waals surface area (Å²) in [6.07, 6.45) is 6.81. The number of nitrogens with one attached hydrogen (secondary N) is 3. The molecule has 10 heteroatoms. The second kappa shape index (κ2) is 10.9. The zero-order chi connectivity index (χ0) is 24.6. The molecule has 3 N–H and O–H groups in total. The Hall–Kier alpha value is -4.73. The first-order valence-electron chi connectivity index (χ1n) is 10.8. The number of halogens is 1. The highest BCUT2D eigenvalue weighted by Crippen LogP contribution is 2.22. The Kier molecular flexibility index (Phi) is 7.31. The van der Waals surface area contributed by atoms with Crippen LogP contribution in [0.4, 0.5) is 27.7 Å². The van der Waals surface area contributed by atoms with Crippen LogP contribution in [0.2, 0.25) is 0 Å². The summed E-state index contributed by atoms with van der Waals surface area (Å²) in [5, 5.41) is 11.9. The minimum atomic E-state index is -0.360. The molecule has 0 saturated carbocycles. The van der Waals surface area contributed by atoms with Crippen LogP contribution < -0.4 is 16.2 Å². The van der Waals surface area contributed by atoms with Crippen LogP contribution in [0.5, 0.6) is 0 Å². The average molecular weight is 470 g/mol. The quantitative estimate of drug-likeness (QED) is 0.242. The number of hydrogen-bond acceptors (Lipinski definition) is 9. The molecule has 4 aromatic rings. The van der Waals surface area contributed by atoms with Crippen molar-refractivity contribution in [2.45, 2.75) is 20.8 Å². The highest BCUT2D eigenvalue weighted by atomic mass is 19.1.